The zero-order chi connectivity index (χ0) is 14.5. The molecule has 0 aromatic rings. The first kappa shape index (κ1) is 15.8. The molecule has 0 spiro atoms. The van der Waals surface area contributed by atoms with Crippen LogP contribution in [0.1, 0.15) is 59.3 Å². The van der Waals surface area contributed by atoms with E-state index < -0.39 is 0 Å². The Hall–Kier alpha value is -0.570. The molecule has 1 amide bonds. The monoisotopic (exact) mass is 280 g/mol. The minimum Gasteiger partial charge on any atom is -0.339 e. The number of hydrogen-bond donors (Lipinski definition) is 1. The van der Waals surface area contributed by atoms with E-state index in [0.29, 0.717) is 17.9 Å². The van der Waals surface area contributed by atoms with Crippen LogP contribution in [0.3, 0.4) is 0 Å². The molecule has 2 aliphatic heterocycles. The van der Waals surface area contributed by atoms with E-state index in [1.54, 1.807) is 0 Å². The van der Waals surface area contributed by atoms with Crippen LogP contribution >= 0.6 is 0 Å². The molecule has 2 rings (SSSR count). The fourth-order valence-electron chi connectivity index (χ4n) is 3.67. The van der Waals surface area contributed by atoms with Crippen LogP contribution in [0.15, 0.2) is 0 Å². The quantitative estimate of drug-likeness (QED) is 0.862. The SMILES string of the molecule is CC(C)C(C)C(=O)N1CCCCCC1C1CCNCC1. The summed E-state index contributed by atoms with van der Waals surface area (Å²) in [5.41, 5.74) is 0. The molecular weight excluding hydrogens is 248 g/mol. The maximum atomic E-state index is 12.9. The van der Waals surface area contributed by atoms with Crippen molar-refractivity contribution < 1.29 is 4.79 Å². The minimum atomic E-state index is 0.164. The van der Waals surface area contributed by atoms with E-state index in [4.69, 9.17) is 0 Å². The summed E-state index contributed by atoms with van der Waals surface area (Å²) in [5.74, 6) is 1.74. The normalized spacial score (nSPS) is 27.4. The van der Waals surface area contributed by atoms with Crippen molar-refractivity contribution in [3.05, 3.63) is 0 Å². The van der Waals surface area contributed by atoms with Gasteiger partial charge in [0.1, 0.15) is 0 Å². The van der Waals surface area contributed by atoms with Crippen LogP contribution in [0, 0.1) is 17.8 Å². The number of rotatable bonds is 3. The van der Waals surface area contributed by atoms with Gasteiger partial charge in [-0.15, -0.1) is 0 Å². The summed E-state index contributed by atoms with van der Waals surface area (Å²) < 4.78 is 0. The predicted octanol–water partition coefficient (Wildman–Crippen LogP) is 3.05. The van der Waals surface area contributed by atoms with Crippen molar-refractivity contribution in [3.63, 3.8) is 0 Å². The van der Waals surface area contributed by atoms with Crippen LogP contribution in [0.2, 0.25) is 0 Å². The van der Waals surface area contributed by atoms with Gasteiger partial charge in [-0.25, -0.2) is 0 Å². The molecule has 0 aromatic carbocycles. The van der Waals surface area contributed by atoms with Crippen molar-refractivity contribution in [2.24, 2.45) is 17.8 Å². The van der Waals surface area contributed by atoms with Crippen LogP contribution in [0.4, 0.5) is 0 Å². The molecule has 1 N–H and O–H groups in total. The standard InChI is InChI=1S/C17H32N2O/c1-13(2)14(3)17(20)19-12-6-4-5-7-16(19)15-8-10-18-11-9-15/h13-16,18H,4-12H2,1-3H3. The molecule has 0 aromatic heterocycles. The molecular formula is C17H32N2O. The number of nitrogens with one attached hydrogen (secondary N) is 1. The largest absolute Gasteiger partial charge is 0.339 e. The smallest absolute Gasteiger partial charge is 0.225 e. The molecule has 0 bridgehead atoms. The van der Waals surface area contributed by atoms with Gasteiger partial charge in [-0.3, -0.25) is 4.79 Å². The van der Waals surface area contributed by atoms with Crippen molar-refractivity contribution in [1.82, 2.24) is 10.2 Å². The zero-order valence-corrected chi connectivity index (χ0v) is 13.5. The molecule has 2 unspecified atom stereocenters. The van der Waals surface area contributed by atoms with Gasteiger partial charge in [0.05, 0.1) is 0 Å². The Morgan fingerprint density at radius 1 is 1.05 bits per heavy atom. The van der Waals surface area contributed by atoms with Gasteiger partial charge in [-0.1, -0.05) is 33.6 Å². The van der Waals surface area contributed by atoms with Gasteiger partial charge in [0.2, 0.25) is 5.91 Å². The van der Waals surface area contributed by atoms with Gasteiger partial charge >= 0.3 is 0 Å². The molecule has 2 aliphatic rings. The molecule has 2 heterocycles. The van der Waals surface area contributed by atoms with Crippen molar-refractivity contribution >= 4 is 5.91 Å². The van der Waals surface area contributed by atoms with Gasteiger partial charge in [0.15, 0.2) is 0 Å². The topological polar surface area (TPSA) is 32.3 Å². The van der Waals surface area contributed by atoms with Crippen LogP contribution in [-0.4, -0.2) is 36.5 Å². The summed E-state index contributed by atoms with van der Waals surface area (Å²) in [6.45, 7) is 9.69. The molecule has 0 radical (unpaired) electrons. The Morgan fingerprint density at radius 2 is 1.75 bits per heavy atom. The number of carbonyl (C=O) groups is 1. The Balaban J connectivity index is 2.09. The summed E-state index contributed by atoms with van der Waals surface area (Å²) in [4.78, 5) is 15.1. The Kier molecular flexibility index (Phi) is 5.88. The molecule has 2 atom stereocenters. The third-order valence-corrected chi connectivity index (χ3v) is 5.40. The third kappa shape index (κ3) is 3.75. The lowest BCUT2D eigenvalue weighted by molar-refractivity contribution is -0.140. The van der Waals surface area contributed by atoms with Gasteiger partial charge in [0, 0.05) is 18.5 Å². The van der Waals surface area contributed by atoms with Crippen LogP contribution in [0.5, 0.6) is 0 Å². The van der Waals surface area contributed by atoms with E-state index in [0.717, 1.165) is 25.6 Å². The number of nitrogens with zero attached hydrogens (tertiary/aromatic N) is 1. The molecule has 2 saturated heterocycles. The van der Waals surface area contributed by atoms with E-state index in [-0.39, 0.29) is 5.92 Å². The fraction of sp³-hybridized carbons (Fsp3) is 0.941. The highest BCUT2D eigenvalue weighted by atomic mass is 16.2. The molecule has 3 nitrogen and oxygen atoms in total. The number of piperidine rings is 1. The van der Waals surface area contributed by atoms with Gasteiger partial charge in [-0.2, -0.15) is 0 Å². The Morgan fingerprint density at radius 3 is 2.40 bits per heavy atom. The van der Waals surface area contributed by atoms with Crippen LogP contribution in [0.25, 0.3) is 0 Å². The highest BCUT2D eigenvalue weighted by Crippen LogP contribution is 2.30. The number of likely N-dealkylation sites (tertiary alicyclic amines) is 1. The van der Waals surface area contributed by atoms with Crippen LogP contribution in [-0.2, 0) is 4.79 Å². The highest BCUT2D eigenvalue weighted by Gasteiger charge is 2.34. The maximum Gasteiger partial charge on any atom is 0.225 e. The number of hydrogen-bond acceptors (Lipinski definition) is 2. The summed E-state index contributed by atoms with van der Waals surface area (Å²) in [5, 5.41) is 3.45. The maximum absolute atomic E-state index is 12.9. The Bertz CT molecular complexity index is 310. The average molecular weight is 280 g/mol. The number of carbonyl (C=O) groups excluding carboxylic acids is 1. The van der Waals surface area contributed by atoms with E-state index in [2.05, 4.69) is 31.0 Å². The van der Waals surface area contributed by atoms with E-state index in [9.17, 15) is 4.79 Å². The first-order valence-electron chi connectivity index (χ1n) is 8.62. The molecule has 0 aliphatic carbocycles. The van der Waals surface area contributed by atoms with Gasteiger partial charge in [0.25, 0.3) is 0 Å². The third-order valence-electron chi connectivity index (χ3n) is 5.40. The van der Waals surface area contributed by atoms with Crippen LogP contribution < -0.4 is 5.32 Å². The molecule has 3 heteroatoms. The Labute approximate surface area is 124 Å². The summed E-state index contributed by atoms with van der Waals surface area (Å²) in [6, 6.07) is 0.508. The lowest BCUT2D eigenvalue weighted by atomic mass is 9.85. The zero-order valence-electron chi connectivity index (χ0n) is 13.5. The highest BCUT2D eigenvalue weighted by molar-refractivity contribution is 5.79. The van der Waals surface area contributed by atoms with Crippen molar-refractivity contribution in [2.75, 3.05) is 19.6 Å². The second-order valence-electron chi connectivity index (χ2n) is 7.07. The second-order valence-corrected chi connectivity index (χ2v) is 7.07. The van der Waals surface area contributed by atoms with Crippen molar-refractivity contribution in [1.29, 1.82) is 0 Å². The second kappa shape index (κ2) is 7.44. The summed E-state index contributed by atoms with van der Waals surface area (Å²) in [6.07, 6.45) is 7.49. The molecule has 116 valence electrons. The molecule has 20 heavy (non-hydrogen) atoms. The fourth-order valence-corrected chi connectivity index (χ4v) is 3.67. The van der Waals surface area contributed by atoms with Gasteiger partial charge in [-0.05, 0) is 50.6 Å². The van der Waals surface area contributed by atoms with Gasteiger partial charge < -0.3 is 10.2 Å². The average Bonchev–Trinajstić information content (AvgIpc) is 2.72. The van der Waals surface area contributed by atoms with E-state index in [1.165, 1.54) is 38.5 Å². The summed E-state index contributed by atoms with van der Waals surface area (Å²) in [7, 11) is 0. The lowest BCUT2D eigenvalue weighted by Crippen LogP contribution is -2.49. The first-order valence-corrected chi connectivity index (χ1v) is 8.62. The lowest BCUT2D eigenvalue weighted by Gasteiger charge is -2.39. The summed E-state index contributed by atoms with van der Waals surface area (Å²) >= 11 is 0. The van der Waals surface area contributed by atoms with E-state index >= 15 is 0 Å². The van der Waals surface area contributed by atoms with E-state index in [1.807, 2.05) is 0 Å². The molecule has 2 fully saturated rings. The minimum absolute atomic E-state index is 0.164. The van der Waals surface area contributed by atoms with Crippen molar-refractivity contribution in [2.45, 2.75) is 65.3 Å². The molecule has 0 saturated carbocycles. The number of amides is 1. The van der Waals surface area contributed by atoms with Crippen molar-refractivity contribution in [3.8, 4) is 0 Å². The predicted molar refractivity (Wildman–Crippen MR) is 83.6 cm³/mol. The first-order chi connectivity index (χ1) is 9.61.